The first kappa shape index (κ1) is 16.3. The van der Waals surface area contributed by atoms with Gasteiger partial charge in [-0.05, 0) is 48.0 Å². The topological polar surface area (TPSA) is 73.1 Å². The molecule has 0 saturated carbocycles. The van der Waals surface area contributed by atoms with E-state index in [1.807, 2.05) is 30.3 Å². The van der Waals surface area contributed by atoms with Crippen molar-refractivity contribution >= 4 is 17.9 Å². The number of benzene rings is 2. The quantitative estimate of drug-likeness (QED) is 0.319. The van der Waals surface area contributed by atoms with E-state index in [1.54, 1.807) is 30.5 Å². The van der Waals surface area contributed by atoms with Gasteiger partial charge in [0.05, 0.1) is 25.3 Å². The number of nitrogens with one attached hydrogen (secondary N) is 1. The number of para-hydroxylation sites is 1. The molecule has 1 heterocycles. The van der Waals surface area contributed by atoms with Crippen LogP contribution < -0.4 is 14.9 Å². The van der Waals surface area contributed by atoms with Crippen molar-refractivity contribution < 1.29 is 18.7 Å². The van der Waals surface area contributed by atoms with E-state index in [-0.39, 0.29) is 5.76 Å². The Morgan fingerprint density at radius 3 is 2.64 bits per heavy atom. The minimum absolute atomic E-state index is 0.125. The second kappa shape index (κ2) is 7.83. The molecule has 0 unspecified atom stereocenters. The lowest BCUT2D eigenvalue weighted by Crippen LogP contribution is -2.08. The van der Waals surface area contributed by atoms with Gasteiger partial charge in [-0.1, -0.05) is 18.2 Å². The summed E-state index contributed by atoms with van der Waals surface area (Å²) >= 11 is 0. The highest BCUT2D eigenvalue weighted by molar-refractivity contribution is 5.89. The van der Waals surface area contributed by atoms with E-state index in [0.717, 1.165) is 11.3 Å². The molecular weight excluding hydrogens is 320 g/mol. The molecule has 0 spiro atoms. The Morgan fingerprint density at radius 2 is 1.92 bits per heavy atom. The highest BCUT2D eigenvalue weighted by Crippen LogP contribution is 2.28. The monoisotopic (exact) mass is 336 g/mol. The van der Waals surface area contributed by atoms with Crippen LogP contribution >= 0.6 is 0 Å². The van der Waals surface area contributed by atoms with Gasteiger partial charge in [0.2, 0.25) is 5.76 Å². The molecule has 6 nitrogen and oxygen atoms in total. The number of hydrogen-bond acceptors (Lipinski definition) is 6. The maximum atomic E-state index is 11.9. The molecule has 0 fully saturated rings. The largest absolute Gasteiger partial charge is 0.493 e. The normalized spacial score (nSPS) is 10.6. The first-order valence-corrected chi connectivity index (χ1v) is 7.54. The van der Waals surface area contributed by atoms with E-state index < -0.39 is 5.97 Å². The van der Waals surface area contributed by atoms with Gasteiger partial charge in [0.25, 0.3) is 0 Å². The molecule has 0 amide bonds. The summed E-state index contributed by atoms with van der Waals surface area (Å²) in [5.74, 6) is 0.260. The molecule has 0 saturated heterocycles. The molecule has 0 aliphatic heterocycles. The minimum atomic E-state index is -0.588. The first-order valence-electron chi connectivity index (χ1n) is 7.54. The Morgan fingerprint density at radius 1 is 1.08 bits per heavy atom. The van der Waals surface area contributed by atoms with Gasteiger partial charge in [-0.3, -0.25) is 5.43 Å². The van der Waals surface area contributed by atoms with Gasteiger partial charge in [-0.2, -0.15) is 5.10 Å². The number of hydrazone groups is 1. The van der Waals surface area contributed by atoms with Crippen molar-refractivity contribution in [1.82, 2.24) is 0 Å². The van der Waals surface area contributed by atoms with E-state index in [4.69, 9.17) is 13.9 Å². The maximum absolute atomic E-state index is 11.9. The molecule has 25 heavy (non-hydrogen) atoms. The van der Waals surface area contributed by atoms with Crippen LogP contribution in [0, 0.1) is 0 Å². The predicted molar refractivity (Wildman–Crippen MR) is 94.3 cm³/mol. The number of anilines is 1. The Kier molecular flexibility index (Phi) is 5.11. The Balaban J connectivity index is 1.70. The molecule has 0 atom stereocenters. The summed E-state index contributed by atoms with van der Waals surface area (Å²) in [4.78, 5) is 11.9. The zero-order valence-corrected chi connectivity index (χ0v) is 13.5. The zero-order chi connectivity index (χ0) is 17.5. The van der Waals surface area contributed by atoms with Crippen molar-refractivity contribution in [3.63, 3.8) is 0 Å². The van der Waals surface area contributed by atoms with Crippen molar-refractivity contribution in [2.45, 2.75) is 0 Å². The zero-order valence-electron chi connectivity index (χ0n) is 13.5. The Bertz CT molecular complexity index is 858. The lowest BCUT2D eigenvalue weighted by atomic mass is 10.2. The molecule has 3 aromatic rings. The van der Waals surface area contributed by atoms with Crippen LogP contribution in [0.5, 0.6) is 11.5 Å². The summed E-state index contributed by atoms with van der Waals surface area (Å²) in [7, 11) is 1.50. The molecule has 0 aliphatic carbocycles. The molecule has 0 bridgehead atoms. The van der Waals surface area contributed by atoms with Crippen LogP contribution in [0.25, 0.3) is 0 Å². The lowest BCUT2D eigenvalue weighted by molar-refractivity contribution is 0.0696. The standard InChI is InChI=1S/C19H16N2O4/c1-23-18-12-14(13-20-21-15-6-3-2-4-7-15)9-10-16(18)25-19(22)17-8-5-11-24-17/h2-13,21H,1H3. The number of carbonyl (C=O) groups excluding carboxylic acids is 1. The van der Waals surface area contributed by atoms with Gasteiger partial charge in [-0.25, -0.2) is 4.79 Å². The average molecular weight is 336 g/mol. The van der Waals surface area contributed by atoms with Crippen molar-refractivity contribution in [1.29, 1.82) is 0 Å². The number of furan rings is 1. The Labute approximate surface area is 144 Å². The van der Waals surface area contributed by atoms with Gasteiger partial charge in [-0.15, -0.1) is 0 Å². The molecule has 0 radical (unpaired) electrons. The third kappa shape index (κ3) is 4.26. The number of methoxy groups -OCH3 is 1. The van der Waals surface area contributed by atoms with Gasteiger partial charge < -0.3 is 13.9 Å². The molecule has 126 valence electrons. The van der Waals surface area contributed by atoms with Crippen LogP contribution in [-0.4, -0.2) is 19.3 Å². The third-order valence-electron chi connectivity index (χ3n) is 3.29. The molecule has 6 heteroatoms. The van der Waals surface area contributed by atoms with Crippen LogP contribution in [0.1, 0.15) is 16.1 Å². The Hall–Kier alpha value is -3.54. The molecular formula is C19H16N2O4. The van der Waals surface area contributed by atoms with Crippen LogP contribution in [0.2, 0.25) is 0 Å². The van der Waals surface area contributed by atoms with Gasteiger partial charge in [0.15, 0.2) is 11.5 Å². The second-order valence-electron chi connectivity index (χ2n) is 5.01. The summed E-state index contributed by atoms with van der Waals surface area (Å²) in [5.41, 5.74) is 4.60. The third-order valence-corrected chi connectivity index (χ3v) is 3.29. The highest BCUT2D eigenvalue weighted by atomic mass is 16.6. The summed E-state index contributed by atoms with van der Waals surface area (Å²) in [5, 5.41) is 4.17. The van der Waals surface area contributed by atoms with E-state index in [2.05, 4.69) is 10.5 Å². The van der Waals surface area contributed by atoms with Crippen molar-refractivity contribution in [2.75, 3.05) is 12.5 Å². The predicted octanol–water partition coefficient (Wildman–Crippen LogP) is 3.95. The SMILES string of the molecule is COc1cc(C=NNc2ccccc2)ccc1OC(=O)c1ccco1. The second-order valence-corrected chi connectivity index (χ2v) is 5.01. The average Bonchev–Trinajstić information content (AvgIpc) is 3.18. The van der Waals surface area contributed by atoms with Gasteiger partial charge in [0.1, 0.15) is 0 Å². The van der Waals surface area contributed by atoms with E-state index in [1.165, 1.54) is 19.4 Å². The van der Waals surface area contributed by atoms with Crippen LogP contribution in [0.3, 0.4) is 0 Å². The smallest absolute Gasteiger partial charge is 0.379 e. The molecule has 3 rings (SSSR count). The number of rotatable bonds is 6. The van der Waals surface area contributed by atoms with E-state index in [0.29, 0.717) is 11.5 Å². The van der Waals surface area contributed by atoms with E-state index in [9.17, 15) is 4.79 Å². The summed E-state index contributed by atoms with van der Waals surface area (Å²) in [6.45, 7) is 0. The molecule has 0 aliphatic rings. The molecule has 2 aromatic carbocycles. The number of nitrogens with zero attached hydrogens (tertiary/aromatic N) is 1. The molecule has 1 aromatic heterocycles. The van der Waals surface area contributed by atoms with Crippen LogP contribution in [-0.2, 0) is 0 Å². The number of carbonyl (C=O) groups is 1. The first-order chi connectivity index (χ1) is 12.3. The fraction of sp³-hybridized carbons (Fsp3) is 0.0526. The number of esters is 1. The summed E-state index contributed by atoms with van der Waals surface area (Å²) in [6, 6.07) is 17.9. The fourth-order valence-electron chi connectivity index (χ4n) is 2.09. The lowest BCUT2D eigenvalue weighted by Gasteiger charge is -2.09. The fourth-order valence-corrected chi connectivity index (χ4v) is 2.09. The van der Waals surface area contributed by atoms with Crippen LogP contribution in [0.15, 0.2) is 76.4 Å². The van der Waals surface area contributed by atoms with Gasteiger partial charge >= 0.3 is 5.97 Å². The van der Waals surface area contributed by atoms with Crippen molar-refractivity contribution in [2.24, 2.45) is 5.10 Å². The molecule has 1 N–H and O–H groups in total. The summed E-state index contributed by atoms with van der Waals surface area (Å²) in [6.07, 6.45) is 3.06. The van der Waals surface area contributed by atoms with Crippen molar-refractivity contribution in [3.05, 3.63) is 78.3 Å². The minimum Gasteiger partial charge on any atom is -0.493 e. The van der Waals surface area contributed by atoms with Gasteiger partial charge in [0, 0.05) is 0 Å². The summed E-state index contributed by atoms with van der Waals surface area (Å²) < 4.78 is 15.6. The van der Waals surface area contributed by atoms with E-state index >= 15 is 0 Å². The van der Waals surface area contributed by atoms with Crippen molar-refractivity contribution in [3.8, 4) is 11.5 Å². The maximum Gasteiger partial charge on any atom is 0.379 e. The van der Waals surface area contributed by atoms with Crippen LogP contribution in [0.4, 0.5) is 5.69 Å². The highest BCUT2D eigenvalue weighted by Gasteiger charge is 2.14. The number of ether oxygens (including phenoxy) is 2. The number of hydrogen-bond donors (Lipinski definition) is 1.